The molecule has 0 amide bonds. The highest BCUT2D eigenvalue weighted by atomic mass is 16.5. The van der Waals surface area contributed by atoms with E-state index in [2.05, 4.69) is 27.6 Å². The molecule has 114 valence electrons. The Bertz CT molecular complexity index is 719. The average molecular weight is 296 g/mol. The minimum atomic E-state index is 0.362. The van der Waals surface area contributed by atoms with Gasteiger partial charge in [-0.15, -0.1) is 0 Å². The van der Waals surface area contributed by atoms with E-state index in [9.17, 15) is 0 Å². The predicted octanol–water partition coefficient (Wildman–Crippen LogP) is 2.91. The van der Waals surface area contributed by atoms with E-state index in [1.165, 1.54) is 11.1 Å². The number of nitrogens with zero attached hydrogens (tertiary/aromatic N) is 3. The number of aryl methyl sites for hydroxylation is 1. The van der Waals surface area contributed by atoms with E-state index < -0.39 is 0 Å². The van der Waals surface area contributed by atoms with Gasteiger partial charge in [-0.1, -0.05) is 17.3 Å². The summed E-state index contributed by atoms with van der Waals surface area (Å²) < 4.78 is 5.57. The molecule has 0 radical (unpaired) electrons. The maximum Gasteiger partial charge on any atom is 0.230 e. The Hall–Kier alpha value is -2.01. The second-order valence-electron chi connectivity index (χ2n) is 6.09. The molecule has 0 aromatic carbocycles. The highest BCUT2D eigenvalue weighted by Crippen LogP contribution is 2.32. The Morgan fingerprint density at radius 2 is 2.27 bits per heavy atom. The number of allylic oxidation sites excluding steroid dienone is 2. The number of hydrogen-bond donors (Lipinski definition) is 1. The van der Waals surface area contributed by atoms with Gasteiger partial charge in [0.05, 0.1) is 0 Å². The molecular formula is C17H20N4O. The summed E-state index contributed by atoms with van der Waals surface area (Å²) in [5.74, 6) is 1.83. The van der Waals surface area contributed by atoms with E-state index >= 15 is 0 Å². The topological polar surface area (TPSA) is 63.8 Å². The van der Waals surface area contributed by atoms with Crippen LogP contribution in [-0.4, -0.2) is 21.7 Å². The zero-order valence-corrected chi connectivity index (χ0v) is 12.8. The maximum atomic E-state index is 5.57. The monoisotopic (exact) mass is 296 g/mol. The van der Waals surface area contributed by atoms with Crippen LogP contribution >= 0.6 is 0 Å². The van der Waals surface area contributed by atoms with Gasteiger partial charge in [0.2, 0.25) is 11.7 Å². The second kappa shape index (κ2) is 5.65. The van der Waals surface area contributed by atoms with Crippen LogP contribution in [0.5, 0.6) is 0 Å². The van der Waals surface area contributed by atoms with Crippen LogP contribution in [0.3, 0.4) is 0 Å². The average Bonchev–Trinajstić information content (AvgIpc) is 3.05. The predicted molar refractivity (Wildman–Crippen MR) is 83.4 cm³/mol. The van der Waals surface area contributed by atoms with Gasteiger partial charge in [-0.2, -0.15) is 4.98 Å². The minimum Gasteiger partial charge on any atom is -0.339 e. The zero-order valence-electron chi connectivity index (χ0n) is 12.8. The van der Waals surface area contributed by atoms with Crippen LogP contribution in [0.15, 0.2) is 22.9 Å². The van der Waals surface area contributed by atoms with Gasteiger partial charge in [-0.25, -0.2) is 0 Å². The molecule has 2 aliphatic rings. The van der Waals surface area contributed by atoms with Crippen LogP contribution in [0.2, 0.25) is 0 Å². The molecule has 0 spiro atoms. The molecule has 3 heterocycles. The lowest BCUT2D eigenvalue weighted by Gasteiger charge is -2.19. The summed E-state index contributed by atoms with van der Waals surface area (Å²) in [7, 11) is 0. The van der Waals surface area contributed by atoms with Crippen molar-refractivity contribution in [3.8, 4) is 11.4 Å². The third-order valence-corrected chi connectivity index (χ3v) is 4.62. The largest absolute Gasteiger partial charge is 0.339 e. The smallest absolute Gasteiger partial charge is 0.230 e. The third kappa shape index (κ3) is 2.35. The van der Waals surface area contributed by atoms with Gasteiger partial charge in [0.15, 0.2) is 0 Å². The summed E-state index contributed by atoms with van der Waals surface area (Å²) in [5.41, 5.74) is 4.62. The number of hydrogen-bond acceptors (Lipinski definition) is 5. The molecule has 0 saturated carbocycles. The van der Waals surface area contributed by atoms with Crippen molar-refractivity contribution in [3.63, 3.8) is 0 Å². The minimum absolute atomic E-state index is 0.362. The normalized spacial score (nSPS) is 20.9. The maximum absolute atomic E-state index is 5.57. The number of rotatable bonds is 2. The standard InChI is InChI=1S/C17H20N4O/c1-11-15(14-7-8-18-9-13(14)10-19-11)16-20-17(22-21-16)12-5-3-2-4-6-12/h2-3,10,12,18H,4-9H2,1H3. The van der Waals surface area contributed by atoms with E-state index in [0.717, 1.165) is 55.9 Å². The molecule has 22 heavy (non-hydrogen) atoms. The van der Waals surface area contributed by atoms with Crippen molar-refractivity contribution < 1.29 is 4.52 Å². The first-order valence-corrected chi connectivity index (χ1v) is 8.00. The highest BCUT2D eigenvalue weighted by Gasteiger charge is 2.24. The first kappa shape index (κ1) is 13.6. The molecule has 1 N–H and O–H groups in total. The first-order chi connectivity index (χ1) is 10.8. The van der Waals surface area contributed by atoms with E-state index in [1.807, 2.05) is 13.1 Å². The van der Waals surface area contributed by atoms with Gasteiger partial charge in [-0.3, -0.25) is 4.98 Å². The van der Waals surface area contributed by atoms with Crippen LogP contribution in [0, 0.1) is 6.92 Å². The van der Waals surface area contributed by atoms with Gasteiger partial charge in [0, 0.05) is 29.9 Å². The van der Waals surface area contributed by atoms with Gasteiger partial charge in [0.1, 0.15) is 0 Å². The fourth-order valence-corrected chi connectivity index (χ4v) is 3.39. The molecule has 5 heteroatoms. The van der Waals surface area contributed by atoms with Crippen LogP contribution in [-0.2, 0) is 13.0 Å². The summed E-state index contributed by atoms with van der Waals surface area (Å²) in [5, 5.41) is 7.64. The van der Waals surface area contributed by atoms with Crippen LogP contribution in [0.4, 0.5) is 0 Å². The molecule has 1 unspecified atom stereocenters. The number of pyridine rings is 1. The molecule has 0 fully saturated rings. The summed E-state index contributed by atoms with van der Waals surface area (Å²) in [6, 6.07) is 0. The molecule has 2 aromatic heterocycles. The fourth-order valence-electron chi connectivity index (χ4n) is 3.39. The number of fused-ring (bicyclic) bond motifs is 1. The summed E-state index contributed by atoms with van der Waals surface area (Å²) in [6.07, 6.45) is 10.6. The lowest BCUT2D eigenvalue weighted by atomic mass is 9.94. The Labute approximate surface area is 129 Å². The summed E-state index contributed by atoms with van der Waals surface area (Å²) >= 11 is 0. The molecule has 0 bridgehead atoms. The van der Waals surface area contributed by atoms with E-state index in [4.69, 9.17) is 9.51 Å². The molecule has 4 rings (SSSR count). The quantitative estimate of drug-likeness (QED) is 0.863. The van der Waals surface area contributed by atoms with Crippen LogP contribution in [0.25, 0.3) is 11.4 Å². The van der Waals surface area contributed by atoms with E-state index in [0.29, 0.717) is 11.7 Å². The molecule has 2 aromatic rings. The van der Waals surface area contributed by atoms with E-state index in [1.54, 1.807) is 0 Å². The van der Waals surface area contributed by atoms with Gasteiger partial charge < -0.3 is 9.84 Å². The third-order valence-electron chi connectivity index (χ3n) is 4.62. The van der Waals surface area contributed by atoms with Gasteiger partial charge >= 0.3 is 0 Å². The lowest BCUT2D eigenvalue weighted by molar-refractivity contribution is 0.344. The first-order valence-electron chi connectivity index (χ1n) is 8.00. The van der Waals surface area contributed by atoms with E-state index in [-0.39, 0.29) is 0 Å². The molecule has 5 nitrogen and oxygen atoms in total. The van der Waals surface area contributed by atoms with Gasteiger partial charge in [-0.05, 0) is 50.3 Å². The van der Waals surface area contributed by atoms with Crippen molar-refractivity contribution in [2.45, 2.75) is 45.1 Å². The fraction of sp³-hybridized carbons (Fsp3) is 0.471. The van der Waals surface area contributed by atoms with Crippen molar-refractivity contribution in [1.29, 1.82) is 0 Å². The highest BCUT2D eigenvalue weighted by molar-refractivity contribution is 5.64. The molecule has 1 aliphatic carbocycles. The van der Waals surface area contributed by atoms with Gasteiger partial charge in [0.25, 0.3) is 0 Å². The Morgan fingerprint density at radius 3 is 3.14 bits per heavy atom. The van der Waals surface area contributed by atoms with Crippen LogP contribution in [0.1, 0.15) is 47.9 Å². The van der Waals surface area contributed by atoms with Crippen molar-refractivity contribution in [3.05, 3.63) is 41.1 Å². The molecule has 0 saturated heterocycles. The van der Waals surface area contributed by atoms with Crippen molar-refractivity contribution >= 4 is 0 Å². The molecular weight excluding hydrogens is 276 g/mol. The Balaban J connectivity index is 1.73. The van der Waals surface area contributed by atoms with Crippen molar-refractivity contribution in [2.75, 3.05) is 6.54 Å². The van der Waals surface area contributed by atoms with Crippen molar-refractivity contribution in [1.82, 2.24) is 20.4 Å². The SMILES string of the molecule is Cc1ncc2c(c1-c1noc(C3CC=CCC3)n1)CCNC2. The zero-order chi connectivity index (χ0) is 14.9. The molecule has 1 aliphatic heterocycles. The Kier molecular flexibility index (Phi) is 3.50. The van der Waals surface area contributed by atoms with Crippen LogP contribution < -0.4 is 5.32 Å². The second-order valence-corrected chi connectivity index (χ2v) is 6.09. The summed E-state index contributed by atoms with van der Waals surface area (Å²) in [6.45, 7) is 3.88. The number of aromatic nitrogens is 3. The van der Waals surface area contributed by atoms with Crippen molar-refractivity contribution in [2.24, 2.45) is 0 Å². The lowest BCUT2D eigenvalue weighted by Crippen LogP contribution is -2.24. The number of nitrogens with one attached hydrogen (secondary N) is 1. The molecule has 1 atom stereocenters. The summed E-state index contributed by atoms with van der Waals surface area (Å²) in [4.78, 5) is 9.22. The Morgan fingerprint density at radius 1 is 1.32 bits per heavy atom.